The second-order valence-electron chi connectivity index (χ2n) is 16.8. The highest BCUT2D eigenvalue weighted by Crippen LogP contribution is 2.41. The van der Waals surface area contributed by atoms with Crippen LogP contribution in [0.4, 0.5) is 4.79 Å². The van der Waals surface area contributed by atoms with E-state index < -0.39 is 49.3 Å². The third-order valence-electron chi connectivity index (χ3n) is 10.0. The van der Waals surface area contributed by atoms with Gasteiger partial charge < -0.3 is 28.1 Å². The van der Waals surface area contributed by atoms with Gasteiger partial charge in [0, 0.05) is 0 Å². The van der Waals surface area contributed by atoms with Crippen molar-refractivity contribution >= 4 is 37.0 Å². The standard InChI is InChI=1S/C34H65NO7Si3/c1-32(2,3)43(11,12)40-25-28(35-31(37)39-24-26-20-18-17-19-21-26)29(42-45(15,16)34(7,8)9)22-27(23-30(36)38-10)41-44(13,14)33(4,5)6/h17-21,27-29H,22-25H2,1-16H3,(H,35,37)/t27-,28+,29+/m1/s1. The number of hydrogen-bond donors (Lipinski definition) is 1. The van der Waals surface area contributed by atoms with Crippen LogP contribution in [0.15, 0.2) is 30.3 Å². The van der Waals surface area contributed by atoms with Crippen LogP contribution in [0.2, 0.25) is 54.4 Å². The zero-order valence-corrected chi connectivity index (χ0v) is 34.3. The lowest BCUT2D eigenvalue weighted by Crippen LogP contribution is -2.56. The van der Waals surface area contributed by atoms with Crippen LogP contribution in [0.3, 0.4) is 0 Å². The van der Waals surface area contributed by atoms with Crippen molar-refractivity contribution in [1.82, 2.24) is 5.32 Å². The smallest absolute Gasteiger partial charge is 0.407 e. The highest BCUT2D eigenvalue weighted by molar-refractivity contribution is 6.75. The van der Waals surface area contributed by atoms with Gasteiger partial charge >= 0.3 is 12.1 Å². The zero-order valence-electron chi connectivity index (χ0n) is 31.3. The van der Waals surface area contributed by atoms with Gasteiger partial charge in [0.15, 0.2) is 25.0 Å². The van der Waals surface area contributed by atoms with Crippen LogP contribution >= 0.6 is 0 Å². The van der Waals surface area contributed by atoms with Gasteiger partial charge in [0.2, 0.25) is 0 Å². The minimum Gasteiger partial charge on any atom is -0.469 e. The summed E-state index contributed by atoms with van der Waals surface area (Å²) in [4.78, 5) is 26.1. The number of methoxy groups -OCH3 is 1. The molecule has 260 valence electrons. The van der Waals surface area contributed by atoms with Crippen molar-refractivity contribution in [3.05, 3.63) is 35.9 Å². The van der Waals surface area contributed by atoms with Crippen molar-refractivity contribution in [2.24, 2.45) is 0 Å². The first kappa shape index (κ1) is 41.5. The van der Waals surface area contributed by atoms with E-state index in [1.807, 2.05) is 30.3 Å². The molecule has 0 unspecified atom stereocenters. The van der Waals surface area contributed by atoms with Crippen LogP contribution in [0.1, 0.15) is 80.7 Å². The first-order valence-corrected chi connectivity index (χ1v) is 25.0. The minimum absolute atomic E-state index is 0.0278. The highest BCUT2D eigenvalue weighted by atomic mass is 28.4. The van der Waals surface area contributed by atoms with Gasteiger partial charge in [-0.2, -0.15) is 0 Å². The lowest BCUT2D eigenvalue weighted by Gasteiger charge is -2.45. The Hall–Kier alpha value is -1.51. The predicted octanol–water partition coefficient (Wildman–Crippen LogP) is 9.04. The largest absolute Gasteiger partial charge is 0.469 e. The first-order chi connectivity index (χ1) is 20.2. The first-order valence-electron chi connectivity index (χ1n) is 16.3. The monoisotopic (exact) mass is 683 g/mol. The third kappa shape index (κ3) is 13.3. The van der Waals surface area contributed by atoms with Crippen LogP contribution in [0, 0.1) is 0 Å². The van der Waals surface area contributed by atoms with Crippen LogP contribution in [-0.2, 0) is 34.2 Å². The summed E-state index contributed by atoms with van der Waals surface area (Å²) in [5, 5.41) is 2.93. The molecule has 0 heterocycles. The van der Waals surface area contributed by atoms with E-state index in [0.717, 1.165) is 5.56 Å². The Morgan fingerprint density at radius 1 is 0.756 bits per heavy atom. The molecule has 0 aliphatic heterocycles. The number of carbonyl (C=O) groups is 2. The second-order valence-corrected chi connectivity index (χ2v) is 31.1. The van der Waals surface area contributed by atoms with Crippen molar-refractivity contribution in [2.45, 2.75) is 154 Å². The summed E-state index contributed by atoms with van der Waals surface area (Å²) >= 11 is 0. The summed E-state index contributed by atoms with van der Waals surface area (Å²) in [5.41, 5.74) is 0.900. The summed E-state index contributed by atoms with van der Waals surface area (Å²) in [6, 6.07) is 9.06. The normalized spacial score (nSPS) is 15.6. The lowest BCUT2D eigenvalue weighted by atomic mass is 10.0. The van der Waals surface area contributed by atoms with Crippen LogP contribution in [0.5, 0.6) is 0 Å². The molecule has 0 saturated carbocycles. The van der Waals surface area contributed by atoms with E-state index >= 15 is 0 Å². The molecule has 1 aromatic rings. The van der Waals surface area contributed by atoms with Crippen LogP contribution in [-0.4, -0.2) is 69.0 Å². The Bertz CT molecular complexity index is 1070. The quantitative estimate of drug-likeness (QED) is 0.146. The molecule has 8 nitrogen and oxygen atoms in total. The van der Waals surface area contributed by atoms with Crippen molar-refractivity contribution in [3.63, 3.8) is 0 Å². The fourth-order valence-corrected chi connectivity index (χ4v) is 7.58. The molecule has 1 rings (SSSR count). The molecule has 45 heavy (non-hydrogen) atoms. The Balaban J connectivity index is 3.59. The molecule has 0 aromatic heterocycles. The number of alkyl carbamates (subject to hydrolysis) is 1. The molecule has 0 fully saturated rings. The molecule has 1 amide bonds. The van der Waals surface area contributed by atoms with E-state index in [9.17, 15) is 9.59 Å². The number of benzene rings is 1. The van der Waals surface area contributed by atoms with Crippen molar-refractivity contribution in [1.29, 1.82) is 0 Å². The predicted molar refractivity (Wildman–Crippen MR) is 192 cm³/mol. The molecular weight excluding hydrogens is 619 g/mol. The Labute approximate surface area is 278 Å². The van der Waals surface area contributed by atoms with Crippen molar-refractivity contribution < 1.29 is 32.3 Å². The third-order valence-corrected chi connectivity index (χ3v) is 23.6. The van der Waals surface area contributed by atoms with Crippen molar-refractivity contribution in [2.75, 3.05) is 13.7 Å². The highest BCUT2D eigenvalue weighted by Gasteiger charge is 2.45. The van der Waals surface area contributed by atoms with E-state index in [1.165, 1.54) is 7.11 Å². The topological polar surface area (TPSA) is 92.3 Å². The summed E-state index contributed by atoms with van der Waals surface area (Å²) in [7, 11) is -5.46. The second kappa shape index (κ2) is 16.1. The van der Waals surface area contributed by atoms with Crippen molar-refractivity contribution in [3.8, 4) is 0 Å². The maximum absolute atomic E-state index is 13.4. The number of hydrogen-bond acceptors (Lipinski definition) is 7. The van der Waals surface area contributed by atoms with Gasteiger partial charge in [-0.3, -0.25) is 4.79 Å². The Morgan fingerprint density at radius 3 is 1.71 bits per heavy atom. The average Bonchev–Trinajstić information content (AvgIpc) is 2.87. The number of ether oxygens (including phenoxy) is 2. The molecule has 0 bridgehead atoms. The van der Waals surface area contributed by atoms with Gasteiger partial charge in [-0.05, 0) is 66.4 Å². The van der Waals surface area contributed by atoms with E-state index in [2.05, 4.69) is 107 Å². The van der Waals surface area contributed by atoms with Crippen LogP contribution < -0.4 is 5.32 Å². The summed E-state index contributed by atoms with van der Waals surface area (Å²) in [6.07, 6.45) is -1.03. The van der Waals surface area contributed by atoms with E-state index in [-0.39, 0.29) is 40.7 Å². The number of nitrogens with one attached hydrogen (secondary N) is 1. The molecule has 11 heteroatoms. The van der Waals surface area contributed by atoms with E-state index in [4.69, 9.17) is 22.8 Å². The van der Waals surface area contributed by atoms with E-state index in [0.29, 0.717) is 6.42 Å². The number of amides is 1. The fourth-order valence-electron chi connectivity index (χ4n) is 3.82. The summed E-state index contributed by atoms with van der Waals surface area (Å²) < 4.78 is 31.5. The molecular formula is C34H65NO7Si3. The maximum Gasteiger partial charge on any atom is 0.407 e. The number of carbonyl (C=O) groups excluding carboxylic acids is 2. The van der Waals surface area contributed by atoms with Crippen LogP contribution in [0.25, 0.3) is 0 Å². The number of rotatable bonds is 15. The molecule has 0 aliphatic carbocycles. The maximum atomic E-state index is 13.4. The van der Waals surface area contributed by atoms with Gasteiger partial charge in [-0.25, -0.2) is 4.79 Å². The molecule has 1 aromatic carbocycles. The van der Waals surface area contributed by atoms with Gasteiger partial charge in [-0.1, -0.05) is 92.6 Å². The summed E-state index contributed by atoms with van der Waals surface area (Å²) in [5.74, 6) is -0.339. The molecule has 1 N–H and O–H groups in total. The molecule has 0 aliphatic rings. The lowest BCUT2D eigenvalue weighted by molar-refractivity contribution is -0.143. The molecule has 3 atom stereocenters. The molecule has 0 spiro atoms. The Kier molecular flexibility index (Phi) is 14.8. The van der Waals surface area contributed by atoms with Gasteiger partial charge in [0.25, 0.3) is 0 Å². The zero-order chi connectivity index (χ0) is 35.1. The summed E-state index contributed by atoms with van der Waals surface area (Å²) in [6.45, 7) is 33.2. The van der Waals surface area contributed by atoms with Gasteiger partial charge in [0.05, 0.1) is 38.4 Å². The number of esters is 1. The molecule has 0 radical (unpaired) electrons. The van der Waals surface area contributed by atoms with Gasteiger partial charge in [0.1, 0.15) is 6.61 Å². The minimum atomic E-state index is -2.37. The Morgan fingerprint density at radius 2 is 1.24 bits per heavy atom. The molecule has 0 saturated heterocycles. The average molecular weight is 684 g/mol. The fraction of sp³-hybridized carbons (Fsp3) is 0.765. The van der Waals surface area contributed by atoms with E-state index in [1.54, 1.807) is 0 Å². The van der Waals surface area contributed by atoms with Gasteiger partial charge in [-0.15, -0.1) is 0 Å². The SMILES string of the molecule is COC(=O)C[C@@H](C[C@H](O[Si](C)(C)C(C)(C)C)[C@H](CO[Si](C)(C)C(C)(C)C)NC(=O)OCc1ccccc1)O[Si](C)(C)C(C)(C)C.